The molecule has 0 atom stereocenters. The van der Waals surface area contributed by atoms with E-state index in [9.17, 15) is 4.79 Å². The largest absolute Gasteiger partial charge is 0.493 e. The lowest BCUT2D eigenvalue weighted by Crippen LogP contribution is -2.13. The van der Waals surface area contributed by atoms with Gasteiger partial charge in [-0.3, -0.25) is 4.79 Å². The van der Waals surface area contributed by atoms with Gasteiger partial charge in [0.1, 0.15) is 5.82 Å². The van der Waals surface area contributed by atoms with Gasteiger partial charge in [0.25, 0.3) is 5.91 Å². The van der Waals surface area contributed by atoms with Crippen molar-refractivity contribution < 1.29 is 19.0 Å². The van der Waals surface area contributed by atoms with Crippen LogP contribution in [0.2, 0.25) is 0 Å². The zero-order chi connectivity index (χ0) is 16.1. The summed E-state index contributed by atoms with van der Waals surface area (Å²) in [6, 6.07) is 6.79. The predicted octanol–water partition coefficient (Wildman–Crippen LogP) is 2.67. The zero-order valence-corrected chi connectivity index (χ0v) is 13.0. The molecular weight excluding hydrogens is 284 g/mol. The first-order valence-electron chi connectivity index (χ1n) is 6.63. The van der Waals surface area contributed by atoms with E-state index in [2.05, 4.69) is 10.3 Å². The molecule has 22 heavy (non-hydrogen) atoms. The first-order valence-corrected chi connectivity index (χ1v) is 6.63. The molecule has 0 aliphatic rings. The predicted molar refractivity (Wildman–Crippen MR) is 83.0 cm³/mol. The average molecular weight is 302 g/mol. The summed E-state index contributed by atoms with van der Waals surface area (Å²) in [5.74, 6) is 1.45. The summed E-state index contributed by atoms with van der Waals surface area (Å²) in [4.78, 5) is 16.5. The van der Waals surface area contributed by atoms with Crippen molar-refractivity contribution in [1.82, 2.24) is 4.98 Å². The van der Waals surface area contributed by atoms with Crippen molar-refractivity contribution in [2.45, 2.75) is 6.92 Å². The Hall–Kier alpha value is -2.76. The first-order chi connectivity index (χ1) is 10.6. The van der Waals surface area contributed by atoms with Crippen LogP contribution in [0.5, 0.6) is 17.2 Å². The summed E-state index contributed by atoms with van der Waals surface area (Å²) in [6.07, 6.45) is 1.69. The van der Waals surface area contributed by atoms with Crippen LogP contribution in [-0.2, 0) is 0 Å². The molecule has 6 heteroatoms. The number of methoxy groups -OCH3 is 3. The number of hydrogen-bond acceptors (Lipinski definition) is 5. The van der Waals surface area contributed by atoms with Crippen LogP contribution in [0.15, 0.2) is 30.5 Å². The molecule has 0 saturated heterocycles. The molecule has 0 saturated carbocycles. The van der Waals surface area contributed by atoms with Gasteiger partial charge < -0.3 is 19.5 Å². The summed E-state index contributed by atoms with van der Waals surface area (Å²) >= 11 is 0. The summed E-state index contributed by atoms with van der Waals surface area (Å²) in [5.41, 5.74) is 1.41. The second-order valence-electron chi connectivity index (χ2n) is 4.59. The highest BCUT2D eigenvalue weighted by molar-refractivity contribution is 6.04. The minimum atomic E-state index is -0.310. The Morgan fingerprint density at radius 3 is 2.14 bits per heavy atom. The van der Waals surface area contributed by atoms with E-state index in [-0.39, 0.29) is 5.91 Å². The van der Waals surface area contributed by atoms with Gasteiger partial charge in [-0.25, -0.2) is 4.98 Å². The van der Waals surface area contributed by atoms with E-state index in [1.165, 1.54) is 21.3 Å². The number of aromatic nitrogens is 1. The molecule has 1 aromatic carbocycles. The van der Waals surface area contributed by atoms with Crippen LogP contribution in [0.3, 0.4) is 0 Å². The normalized spacial score (nSPS) is 10.0. The number of ether oxygens (including phenoxy) is 3. The van der Waals surface area contributed by atoms with Crippen LogP contribution < -0.4 is 19.5 Å². The van der Waals surface area contributed by atoms with Crippen molar-refractivity contribution in [2.24, 2.45) is 0 Å². The minimum absolute atomic E-state index is 0.310. The number of aryl methyl sites for hydroxylation is 1. The third-order valence-corrected chi connectivity index (χ3v) is 3.08. The molecule has 2 aromatic rings. The molecule has 0 fully saturated rings. The Bertz CT molecular complexity index is 643. The molecule has 0 spiro atoms. The highest BCUT2D eigenvalue weighted by Crippen LogP contribution is 2.38. The van der Waals surface area contributed by atoms with Crippen LogP contribution in [-0.4, -0.2) is 32.2 Å². The third kappa shape index (κ3) is 3.28. The van der Waals surface area contributed by atoms with Crippen LogP contribution in [0.25, 0.3) is 0 Å². The minimum Gasteiger partial charge on any atom is -0.493 e. The number of hydrogen-bond donors (Lipinski definition) is 1. The Morgan fingerprint density at radius 1 is 1.05 bits per heavy atom. The quantitative estimate of drug-likeness (QED) is 0.919. The lowest BCUT2D eigenvalue weighted by molar-refractivity contribution is 0.102. The van der Waals surface area contributed by atoms with E-state index in [1.807, 2.05) is 13.0 Å². The highest BCUT2D eigenvalue weighted by Gasteiger charge is 2.17. The van der Waals surface area contributed by atoms with Crippen molar-refractivity contribution >= 4 is 11.7 Å². The van der Waals surface area contributed by atoms with Gasteiger partial charge in [-0.2, -0.15) is 0 Å². The molecule has 1 aromatic heterocycles. The van der Waals surface area contributed by atoms with Crippen LogP contribution in [0.4, 0.5) is 5.82 Å². The Morgan fingerprint density at radius 2 is 1.68 bits per heavy atom. The van der Waals surface area contributed by atoms with E-state index in [4.69, 9.17) is 14.2 Å². The molecule has 116 valence electrons. The Kier molecular flexibility index (Phi) is 4.83. The fourth-order valence-electron chi connectivity index (χ4n) is 1.94. The monoisotopic (exact) mass is 302 g/mol. The standard InChI is InChI=1S/C16H18N2O4/c1-10-5-6-14(17-9-10)18-16(19)11-7-12(20-2)15(22-4)13(8-11)21-3/h5-9H,1-4H3,(H,17,18,19). The number of carbonyl (C=O) groups is 1. The lowest BCUT2D eigenvalue weighted by atomic mass is 10.1. The van der Waals surface area contributed by atoms with Gasteiger partial charge >= 0.3 is 0 Å². The maximum absolute atomic E-state index is 12.3. The number of pyridine rings is 1. The maximum Gasteiger partial charge on any atom is 0.257 e. The number of nitrogens with one attached hydrogen (secondary N) is 1. The zero-order valence-electron chi connectivity index (χ0n) is 13.0. The highest BCUT2D eigenvalue weighted by atomic mass is 16.5. The molecule has 0 radical (unpaired) electrons. The fraction of sp³-hybridized carbons (Fsp3) is 0.250. The molecule has 2 rings (SSSR count). The van der Waals surface area contributed by atoms with Crippen molar-refractivity contribution in [3.05, 3.63) is 41.6 Å². The summed E-state index contributed by atoms with van der Waals surface area (Å²) < 4.78 is 15.7. The van der Waals surface area contributed by atoms with Crippen molar-refractivity contribution in [1.29, 1.82) is 0 Å². The van der Waals surface area contributed by atoms with E-state index in [1.54, 1.807) is 24.4 Å². The molecule has 1 heterocycles. The van der Waals surface area contributed by atoms with Crippen molar-refractivity contribution in [3.63, 3.8) is 0 Å². The number of amides is 1. The van der Waals surface area contributed by atoms with Crippen LogP contribution in [0, 0.1) is 6.92 Å². The molecule has 6 nitrogen and oxygen atoms in total. The van der Waals surface area contributed by atoms with E-state index < -0.39 is 0 Å². The van der Waals surface area contributed by atoms with E-state index in [0.717, 1.165) is 5.56 Å². The van der Waals surface area contributed by atoms with Crippen molar-refractivity contribution in [3.8, 4) is 17.2 Å². The summed E-state index contributed by atoms with van der Waals surface area (Å²) in [7, 11) is 4.51. The number of rotatable bonds is 5. The second-order valence-corrected chi connectivity index (χ2v) is 4.59. The van der Waals surface area contributed by atoms with E-state index >= 15 is 0 Å². The van der Waals surface area contributed by atoms with Gasteiger partial charge in [-0.15, -0.1) is 0 Å². The van der Waals surface area contributed by atoms with Gasteiger partial charge in [0.2, 0.25) is 5.75 Å². The molecule has 0 unspecified atom stereocenters. The number of benzene rings is 1. The average Bonchev–Trinajstić information content (AvgIpc) is 2.55. The van der Waals surface area contributed by atoms with Crippen LogP contribution in [0.1, 0.15) is 15.9 Å². The fourth-order valence-corrected chi connectivity index (χ4v) is 1.94. The van der Waals surface area contributed by atoms with Crippen LogP contribution >= 0.6 is 0 Å². The van der Waals surface area contributed by atoms with Gasteiger partial charge in [-0.1, -0.05) is 6.07 Å². The molecule has 1 amide bonds. The molecule has 0 aliphatic carbocycles. The van der Waals surface area contributed by atoms with E-state index in [0.29, 0.717) is 28.6 Å². The molecule has 1 N–H and O–H groups in total. The number of nitrogens with zero attached hydrogens (tertiary/aromatic N) is 1. The lowest BCUT2D eigenvalue weighted by Gasteiger charge is -2.14. The SMILES string of the molecule is COc1cc(C(=O)Nc2ccc(C)cn2)cc(OC)c1OC. The Balaban J connectivity index is 2.31. The van der Waals surface area contributed by atoms with Gasteiger partial charge in [0.15, 0.2) is 11.5 Å². The van der Waals surface area contributed by atoms with Gasteiger partial charge in [0, 0.05) is 11.8 Å². The topological polar surface area (TPSA) is 69.7 Å². The number of carbonyl (C=O) groups excluding carboxylic acids is 1. The molecule has 0 aliphatic heterocycles. The molecule has 0 bridgehead atoms. The Labute approximate surface area is 129 Å². The van der Waals surface area contributed by atoms with Gasteiger partial charge in [-0.05, 0) is 30.7 Å². The maximum atomic E-state index is 12.3. The summed E-state index contributed by atoms with van der Waals surface area (Å²) in [6.45, 7) is 1.93. The van der Waals surface area contributed by atoms with Crippen molar-refractivity contribution in [2.75, 3.05) is 26.6 Å². The second kappa shape index (κ2) is 6.80. The number of anilines is 1. The smallest absolute Gasteiger partial charge is 0.257 e. The first kappa shape index (κ1) is 15.6. The third-order valence-electron chi connectivity index (χ3n) is 3.08. The van der Waals surface area contributed by atoms with Gasteiger partial charge in [0.05, 0.1) is 21.3 Å². The summed E-state index contributed by atoms with van der Waals surface area (Å²) in [5, 5.41) is 2.72. The molecular formula is C16H18N2O4.